The van der Waals surface area contributed by atoms with E-state index in [-0.39, 0.29) is 11.3 Å². The van der Waals surface area contributed by atoms with Crippen molar-refractivity contribution in [3.8, 4) is 5.75 Å². The second-order valence-corrected chi connectivity index (χ2v) is 13.1. The Balaban J connectivity index is 1.55. The zero-order valence-corrected chi connectivity index (χ0v) is 31.8. The number of carboxylic acids is 1. The Bertz CT molecular complexity index is 2270. The van der Waals surface area contributed by atoms with Crippen LogP contribution in [0, 0.1) is 0 Å². The average molecular weight is 731 g/mol. The van der Waals surface area contributed by atoms with Gasteiger partial charge in [-0.05, 0) is 132 Å². The number of hydrogen-bond acceptors (Lipinski definition) is 7. The SMILES string of the molecule is CCOCCc1c2ccccc2c(CCOCC)c2cc(C(=O)Oc3c(C(=O)O)ccc4c(CCOCC)c5ccccc5c(CCOCC)c34)ccc12. The summed E-state index contributed by atoms with van der Waals surface area (Å²) in [5.41, 5.74) is 4.38. The molecule has 8 nitrogen and oxygen atoms in total. The summed E-state index contributed by atoms with van der Waals surface area (Å²) >= 11 is 0. The minimum absolute atomic E-state index is 0.0347. The highest BCUT2D eigenvalue weighted by Gasteiger charge is 2.25. The number of aromatic carboxylic acids is 1. The molecule has 6 aromatic rings. The van der Waals surface area contributed by atoms with Gasteiger partial charge in [-0.1, -0.05) is 60.7 Å². The van der Waals surface area contributed by atoms with Gasteiger partial charge in [-0.15, -0.1) is 0 Å². The summed E-state index contributed by atoms with van der Waals surface area (Å²) in [6, 6.07) is 25.5. The lowest BCUT2D eigenvalue weighted by atomic mass is 9.87. The van der Waals surface area contributed by atoms with E-state index < -0.39 is 11.9 Å². The van der Waals surface area contributed by atoms with Gasteiger partial charge < -0.3 is 28.8 Å². The minimum atomic E-state index is -1.18. The summed E-state index contributed by atoms with van der Waals surface area (Å²) in [4.78, 5) is 27.3. The second kappa shape index (κ2) is 18.5. The van der Waals surface area contributed by atoms with Crippen LogP contribution >= 0.6 is 0 Å². The number of hydrogen-bond donors (Lipinski definition) is 1. The third kappa shape index (κ3) is 8.12. The van der Waals surface area contributed by atoms with Crippen LogP contribution in [0.15, 0.2) is 78.9 Å². The van der Waals surface area contributed by atoms with E-state index >= 15 is 0 Å². The minimum Gasteiger partial charge on any atom is -0.478 e. The first-order valence-corrected chi connectivity index (χ1v) is 19.1. The molecule has 0 saturated carbocycles. The van der Waals surface area contributed by atoms with Crippen molar-refractivity contribution in [2.24, 2.45) is 0 Å². The van der Waals surface area contributed by atoms with E-state index in [9.17, 15) is 14.7 Å². The summed E-state index contributed by atoms with van der Waals surface area (Å²) in [5, 5.41) is 18.2. The van der Waals surface area contributed by atoms with Crippen molar-refractivity contribution < 1.29 is 38.4 Å². The molecule has 282 valence electrons. The van der Waals surface area contributed by atoms with Crippen LogP contribution in [0.2, 0.25) is 0 Å². The van der Waals surface area contributed by atoms with Gasteiger partial charge in [0.15, 0.2) is 5.75 Å². The van der Waals surface area contributed by atoms with Crippen molar-refractivity contribution in [1.29, 1.82) is 0 Å². The average Bonchev–Trinajstić information content (AvgIpc) is 3.19. The first-order valence-electron chi connectivity index (χ1n) is 19.1. The summed E-state index contributed by atoms with van der Waals surface area (Å²) in [6.07, 6.45) is 2.47. The number of fused-ring (bicyclic) bond motifs is 4. The molecule has 0 heterocycles. The van der Waals surface area contributed by atoms with Crippen LogP contribution in [-0.2, 0) is 44.6 Å². The zero-order valence-electron chi connectivity index (χ0n) is 31.8. The van der Waals surface area contributed by atoms with Gasteiger partial charge in [0.1, 0.15) is 5.56 Å². The van der Waals surface area contributed by atoms with Gasteiger partial charge in [0, 0.05) is 31.8 Å². The fourth-order valence-corrected chi connectivity index (χ4v) is 7.67. The van der Waals surface area contributed by atoms with E-state index in [4.69, 9.17) is 23.7 Å². The lowest BCUT2D eigenvalue weighted by molar-refractivity contribution is 0.0682. The molecule has 54 heavy (non-hydrogen) atoms. The Labute approximate surface area is 316 Å². The first kappa shape index (κ1) is 38.9. The molecule has 0 saturated heterocycles. The van der Waals surface area contributed by atoms with Crippen molar-refractivity contribution in [3.63, 3.8) is 0 Å². The van der Waals surface area contributed by atoms with E-state index in [2.05, 4.69) is 24.3 Å². The number of carbonyl (C=O) groups excluding carboxylic acids is 1. The zero-order chi connectivity index (χ0) is 38.0. The van der Waals surface area contributed by atoms with Crippen molar-refractivity contribution in [2.75, 3.05) is 52.9 Å². The van der Waals surface area contributed by atoms with Gasteiger partial charge in [-0.25, -0.2) is 9.59 Å². The fourth-order valence-electron chi connectivity index (χ4n) is 7.67. The number of carbonyl (C=O) groups is 2. The number of benzene rings is 6. The van der Waals surface area contributed by atoms with Crippen molar-refractivity contribution in [2.45, 2.75) is 53.4 Å². The lowest BCUT2D eigenvalue weighted by Gasteiger charge is -2.21. The summed E-state index contributed by atoms with van der Waals surface area (Å²) in [7, 11) is 0. The van der Waals surface area contributed by atoms with E-state index in [1.165, 1.54) is 0 Å². The molecule has 0 aliphatic carbocycles. The molecule has 0 spiro atoms. The van der Waals surface area contributed by atoms with Crippen LogP contribution in [0.1, 0.15) is 70.7 Å². The molecule has 0 atom stereocenters. The molecular weight excluding hydrogens is 680 g/mol. The standard InChI is InChI=1S/C46H50O8/c1-5-50-25-21-36-31-13-9-10-14-32(31)38(23-27-52-7-3)42-29-30(17-18-35(36)42)46(49)54-44-41(45(47)48)20-19-39-37(22-26-51-6-2)33-15-11-12-16-34(33)40(43(39)44)24-28-53-8-4/h9-20,29H,5-8,21-28H2,1-4H3,(H,47,48). The maximum atomic E-state index is 14.4. The van der Waals surface area contributed by atoms with Gasteiger partial charge in [0.05, 0.1) is 32.0 Å². The normalized spacial score (nSPS) is 11.6. The summed E-state index contributed by atoms with van der Waals surface area (Å²) < 4.78 is 29.5. The smallest absolute Gasteiger partial charge is 0.343 e. The molecule has 8 heteroatoms. The Hall–Kier alpha value is -4.86. The Morgan fingerprint density at radius 2 is 0.907 bits per heavy atom. The topological polar surface area (TPSA) is 101 Å². The number of esters is 1. The lowest BCUT2D eigenvalue weighted by Crippen LogP contribution is -2.14. The highest BCUT2D eigenvalue weighted by Crippen LogP contribution is 2.42. The van der Waals surface area contributed by atoms with E-state index in [1.54, 1.807) is 12.1 Å². The number of rotatable bonds is 19. The molecular formula is C46H50O8. The van der Waals surface area contributed by atoms with Crippen LogP contribution in [0.4, 0.5) is 0 Å². The fraction of sp³-hybridized carbons (Fsp3) is 0.348. The van der Waals surface area contributed by atoms with Crippen molar-refractivity contribution in [3.05, 3.63) is 112 Å². The Morgan fingerprint density at radius 1 is 0.500 bits per heavy atom. The highest BCUT2D eigenvalue weighted by molar-refractivity contribution is 6.13. The van der Waals surface area contributed by atoms with E-state index in [1.807, 2.05) is 70.2 Å². The predicted octanol–water partition coefficient (Wildman–Crippen LogP) is 9.53. The number of carboxylic acid groups (broad SMARTS) is 1. The molecule has 0 aliphatic heterocycles. The van der Waals surface area contributed by atoms with E-state index in [0.29, 0.717) is 89.5 Å². The molecule has 0 unspecified atom stereocenters. The first-order chi connectivity index (χ1) is 26.4. The Morgan fingerprint density at radius 3 is 1.39 bits per heavy atom. The molecule has 0 aromatic heterocycles. The van der Waals surface area contributed by atoms with Crippen molar-refractivity contribution in [1.82, 2.24) is 0 Å². The van der Waals surface area contributed by atoms with Crippen LogP contribution in [0.5, 0.6) is 5.75 Å². The van der Waals surface area contributed by atoms with Crippen molar-refractivity contribution >= 4 is 55.0 Å². The molecule has 0 amide bonds. The highest BCUT2D eigenvalue weighted by atomic mass is 16.5. The molecule has 0 fully saturated rings. The van der Waals surface area contributed by atoms with Gasteiger partial charge in [0.25, 0.3) is 0 Å². The largest absolute Gasteiger partial charge is 0.478 e. The third-order valence-corrected chi connectivity index (χ3v) is 10.1. The molecule has 6 rings (SSSR count). The molecule has 0 bridgehead atoms. The van der Waals surface area contributed by atoms with Crippen LogP contribution in [0.25, 0.3) is 43.1 Å². The molecule has 0 radical (unpaired) electrons. The van der Waals surface area contributed by atoms with Crippen LogP contribution in [0.3, 0.4) is 0 Å². The van der Waals surface area contributed by atoms with Gasteiger partial charge in [-0.3, -0.25) is 0 Å². The summed E-state index contributed by atoms with van der Waals surface area (Å²) in [5.74, 6) is -1.78. The number of ether oxygens (including phenoxy) is 5. The maximum Gasteiger partial charge on any atom is 0.343 e. The maximum absolute atomic E-state index is 14.4. The van der Waals surface area contributed by atoms with Gasteiger partial charge in [0.2, 0.25) is 0 Å². The second-order valence-electron chi connectivity index (χ2n) is 13.1. The molecule has 0 aliphatic rings. The van der Waals surface area contributed by atoms with Crippen LogP contribution < -0.4 is 4.74 Å². The summed E-state index contributed by atoms with van der Waals surface area (Å²) in [6.45, 7) is 12.2. The predicted molar refractivity (Wildman–Crippen MR) is 216 cm³/mol. The molecule has 1 N–H and O–H groups in total. The van der Waals surface area contributed by atoms with Gasteiger partial charge >= 0.3 is 11.9 Å². The Kier molecular flexibility index (Phi) is 13.3. The quantitative estimate of drug-likeness (QED) is 0.0381. The van der Waals surface area contributed by atoms with Crippen LogP contribution in [-0.4, -0.2) is 69.9 Å². The van der Waals surface area contributed by atoms with E-state index in [0.717, 1.165) is 60.0 Å². The third-order valence-electron chi connectivity index (χ3n) is 10.1. The molecule has 6 aromatic carbocycles. The monoisotopic (exact) mass is 730 g/mol. The van der Waals surface area contributed by atoms with Gasteiger partial charge in [-0.2, -0.15) is 0 Å².